The molecule has 0 unspecified atom stereocenters. The van der Waals surface area contributed by atoms with Crippen LogP contribution in [0, 0.1) is 29.6 Å². The molecule has 0 bridgehead atoms. The predicted octanol–water partition coefficient (Wildman–Crippen LogP) is 2.02. The summed E-state index contributed by atoms with van der Waals surface area (Å²) >= 11 is 3.13. The number of aryl methyl sites for hydroxylation is 1. The average molecular weight is 366 g/mol. The van der Waals surface area contributed by atoms with Crippen molar-refractivity contribution in [3.05, 3.63) is 39.5 Å². The van der Waals surface area contributed by atoms with E-state index in [1.165, 1.54) is 12.1 Å². The van der Waals surface area contributed by atoms with E-state index in [1.54, 1.807) is 13.0 Å². The first-order chi connectivity index (χ1) is 9.90. The highest BCUT2D eigenvalue weighted by Gasteiger charge is 2.23. The fourth-order valence-electron chi connectivity index (χ4n) is 1.66. The molecule has 21 heavy (non-hydrogen) atoms. The molecule has 2 aromatic rings. The maximum atomic E-state index is 12.4. The van der Waals surface area contributed by atoms with Crippen molar-refractivity contribution in [1.82, 2.24) is 10.2 Å². The number of aromatic nitrogens is 2. The molecule has 0 aliphatic heterocycles. The van der Waals surface area contributed by atoms with Gasteiger partial charge in [0.2, 0.25) is 0 Å². The molecule has 0 spiro atoms. The number of halogens is 1. The predicted molar refractivity (Wildman–Crippen MR) is 77.7 cm³/mol. The van der Waals surface area contributed by atoms with Crippen LogP contribution in [0.1, 0.15) is 16.8 Å². The highest BCUT2D eigenvalue weighted by Crippen LogP contribution is 2.26. The van der Waals surface area contributed by atoms with Gasteiger partial charge in [0.25, 0.3) is 10.0 Å². The number of nitriles is 2. The van der Waals surface area contributed by atoms with Gasteiger partial charge in [0.1, 0.15) is 22.6 Å². The van der Waals surface area contributed by atoms with E-state index in [9.17, 15) is 8.42 Å². The lowest BCUT2D eigenvalue weighted by atomic mass is 10.2. The minimum Gasteiger partial charge on any atom is -0.279 e. The van der Waals surface area contributed by atoms with Crippen molar-refractivity contribution in [2.24, 2.45) is 0 Å². The summed E-state index contributed by atoms with van der Waals surface area (Å²) in [6.07, 6.45) is 0. The lowest BCUT2D eigenvalue weighted by Crippen LogP contribution is -2.15. The molecule has 0 aliphatic rings. The van der Waals surface area contributed by atoms with Crippen molar-refractivity contribution in [2.45, 2.75) is 11.8 Å². The molecule has 0 saturated heterocycles. The van der Waals surface area contributed by atoms with Crippen LogP contribution in [0.15, 0.2) is 27.6 Å². The lowest BCUT2D eigenvalue weighted by molar-refractivity contribution is 0.600. The molecule has 0 amide bonds. The summed E-state index contributed by atoms with van der Waals surface area (Å²) in [6.45, 7) is 1.60. The Labute approximate surface area is 129 Å². The van der Waals surface area contributed by atoms with Crippen LogP contribution in [0.4, 0.5) is 5.82 Å². The molecule has 2 N–H and O–H groups in total. The number of sulfonamides is 1. The van der Waals surface area contributed by atoms with Gasteiger partial charge in [-0.25, -0.2) is 8.42 Å². The standard InChI is InChI=1S/C12H8BrN5O2S/c1-7-8(5-14)12(17-16-7)18-21(19,20)11-4-2-3-10(13)9(11)6-15/h2-4H,1H3,(H2,16,17,18). The summed E-state index contributed by atoms with van der Waals surface area (Å²) in [4.78, 5) is -0.191. The van der Waals surface area contributed by atoms with E-state index in [4.69, 9.17) is 10.5 Å². The molecule has 0 atom stereocenters. The fraction of sp³-hybridized carbons (Fsp3) is 0.0833. The summed E-state index contributed by atoms with van der Waals surface area (Å²) in [6, 6.07) is 8.06. The third-order valence-corrected chi connectivity index (χ3v) is 4.71. The van der Waals surface area contributed by atoms with E-state index in [1.807, 2.05) is 12.1 Å². The normalized spacial score (nSPS) is 10.7. The third kappa shape index (κ3) is 2.75. The number of anilines is 1. The molecule has 106 valence electrons. The molecular formula is C12H8BrN5O2S. The van der Waals surface area contributed by atoms with Gasteiger partial charge < -0.3 is 0 Å². The second-order valence-corrected chi connectivity index (χ2v) is 6.52. The highest BCUT2D eigenvalue weighted by molar-refractivity contribution is 9.10. The Balaban J connectivity index is 2.52. The second-order valence-electron chi connectivity index (χ2n) is 4.01. The highest BCUT2D eigenvalue weighted by atomic mass is 79.9. The van der Waals surface area contributed by atoms with Crippen molar-refractivity contribution in [2.75, 3.05) is 4.72 Å². The van der Waals surface area contributed by atoms with E-state index in [0.717, 1.165) is 0 Å². The average Bonchev–Trinajstić information content (AvgIpc) is 2.78. The molecule has 1 heterocycles. The van der Waals surface area contributed by atoms with Gasteiger partial charge in [0.15, 0.2) is 5.82 Å². The van der Waals surface area contributed by atoms with Crippen LogP contribution in [-0.2, 0) is 10.0 Å². The first-order valence-corrected chi connectivity index (χ1v) is 7.85. The van der Waals surface area contributed by atoms with Gasteiger partial charge in [-0.2, -0.15) is 15.6 Å². The van der Waals surface area contributed by atoms with Crippen LogP contribution < -0.4 is 4.72 Å². The minimum atomic E-state index is -4.03. The van der Waals surface area contributed by atoms with E-state index in [0.29, 0.717) is 10.2 Å². The Morgan fingerprint density at radius 2 is 1.95 bits per heavy atom. The summed E-state index contributed by atoms with van der Waals surface area (Å²) in [5, 5.41) is 24.4. The monoisotopic (exact) mass is 365 g/mol. The minimum absolute atomic E-state index is 0.0178. The Bertz CT molecular complexity index is 889. The summed E-state index contributed by atoms with van der Waals surface area (Å²) in [5.74, 6) is -0.0983. The van der Waals surface area contributed by atoms with Gasteiger partial charge >= 0.3 is 0 Å². The number of hydrogen-bond donors (Lipinski definition) is 2. The van der Waals surface area contributed by atoms with Gasteiger partial charge in [-0.05, 0) is 35.0 Å². The molecule has 1 aromatic carbocycles. The topological polar surface area (TPSA) is 122 Å². The van der Waals surface area contributed by atoms with Crippen LogP contribution in [0.5, 0.6) is 0 Å². The third-order valence-electron chi connectivity index (χ3n) is 2.67. The SMILES string of the molecule is Cc1[nH]nc(NS(=O)(=O)c2cccc(Br)c2C#N)c1C#N. The van der Waals surface area contributed by atoms with Crippen LogP contribution in [0.2, 0.25) is 0 Å². The second kappa shape index (κ2) is 5.56. The summed E-state index contributed by atoms with van der Waals surface area (Å²) in [5.41, 5.74) is 0.535. The van der Waals surface area contributed by atoms with Crippen LogP contribution in [0.25, 0.3) is 0 Å². The Hall–Kier alpha value is -2.36. The quantitative estimate of drug-likeness (QED) is 0.861. The molecule has 0 aliphatic carbocycles. The number of H-pyrrole nitrogens is 1. The zero-order chi connectivity index (χ0) is 15.6. The lowest BCUT2D eigenvalue weighted by Gasteiger charge is -2.08. The largest absolute Gasteiger partial charge is 0.279 e. The number of nitrogens with one attached hydrogen (secondary N) is 2. The van der Waals surface area contributed by atoms with Gasteiger partial charge in [-0.3, -0.25) is 9.82 Å². The number of hydrogen-bond acceptors (Lipinski definition) is 5. The van der Waals surface area contributed by atoms with Gasteiger partial charge in [-0.15, -0.1) is 0 Å². The fourth-order valence-corrected chi connectivity index (χ4v) is 3.44. The van der Waals surface area contributed by atoms with E-state index >= 15 is 0 Å². The van der Waals surface area contributed by atoms with E-state index < -0.39 is 10.0 Å². The van der Waals surface area contributed by atoms with Crippen molar-refractivity contribution in [3.63, 3.8) is 0 Å². The molecule has 1 aromatic heterocycles. The number of nitrogens with zero attached hydrogens (tertiary/aromatic N) is 3. The molecule has 9 heteroatoms. The number of benzene rings is 1. The maximum absolute atomic E-state index is 12.4. The van der Waals surface area contributed by atoms with Crippen molar-refractivity contribution < 1.29 is 8.42 Å². The first-order valence-electron chi connectivity index (χ1n) is 5.57. The van der Waals surface area contributed by atoms with Crippen molar-refractivity contribution >= 4 is 31.8 Å². The first kappa shape index (κ1) is 15.0. The maximum Gasteiger partial charge on any atom is 0.264 e. The Morgan fingerprint density at radius 3 is 2.57 bits per heavy atom. The van der Waals surface area contributed by atoms with E-state index in [2.05, 4.69) is 30.8 Å². The van der Waals surface area contributed by atoms with E-state index in [-0.39, 0.29) is 21.8 Å². The van der Waals surface area contributed by atoms with Gasteiger partial charge in [-0.1, -0.05) is 6.07 Å². The molecule has 7 nitrogen and oxygen atoms in total. The molecule has 0 saturated carbocycles. The zero-order valence-electron chi connectivity index (χ0n) is 10.7. The molecule has 0 radical (unpaired) electrons. The summed E-state index contributed by atoms with van der Waals surface area (Å²) < 4.78 is 27.3. The Kier molecular flexibility index (Phi) is 3.98. The van der Waals surface area contributed by atoms with Crippen molar-refractivity contribution in [3.8, 4) is 12.1 Å². The van der Waals surface area contributed by atoms with Crippen LogP contribution >= 0.6 is 15.9 Å². The van der Waals surface area contributed by atoms with Crippen molar-refractivity contribution in [1.29, 1.82) is 10.5 Å². The Morgan fingerprint density at radius 1 is 1.29 bits per heavy atom. The summed E-state index contributed by atoms with van der Waals surface area (Å²) in [7, 11) is -4.03. The number of rotatable bonds is 3. The van der Waals surface area contributed by atoms with Gasteiger partial charge in [0, 0.05) is 4.47 Å². The molecule has 2 rings (SSSR count). The van der Waals surface area contributed by atoms with Crippen LogP contribution in [0.3, 0.4) is 0 Å². The van der Waals surface area contributed by atoms with Gasteiger partial charge in [0.05, 0.1) is 11.3 Å². The smallest absolute Gasteiger partial charge is 0.264 e. The number of aromatic amines is 1. The molecule has 0 fully saturated rings. The molecular weight excluding hydrogens is 358 g/mol. The van der Waals surface area contributed by atoms with Crippen LogP contribution in [-0.4, -0.2) is 18.6 Å². The zero-order valence-corrected chi connectivity index (χ0v) is 13.1.